The Kier molecular flexibility index (Phi) is 4.92. The van der Waals surface area contributed by atoms with Gasteiger partial charge in [-0.3, -0.25) is 14.4 Å². The fraction of sp³-hybridized carbons (Fsp3) is 0.769. The Labute approximate surface area is 125 Å². The van der Waals surface area contributed by atoms with Crippen LogP contribution in [0.25, 0.3) is 0 Å². The SMILES string of the molecule is O=CN1CCN(C(=O)C2CCCN(C(=O)C(F)(F)F)C2)CC1. The smallest absolute Gasteiger partial charge is 0.342 e. The number of alkyl halides is 3. The van der Waals surface area contributed by atoms with E-state index in [4.69, 9.17) is 0 Å². The van der Waals surface area contributed by atoms with Gasteiger partial charge in [0.2, 0.25) is 12.3 Å². The van der Waals surface area contributed by atoms with Gasteiger partial charge in [-0.2, -0.15) is 13.2 Å². The van der Waals surface area contributed by atoms with E-state index in [2.05, 4.69) is 0 Å². The van der Waals surface area contributed by atoms with Crippen LogP contribution in [0.3, 0.4) is 0 Å². The van der Waals surface area contributed by atoms with Gasteiger partial charge in [0.1, 0.15) is 0 Å². The first-order chi connectivity index (χ1) is 10.3. The summed E-state index contributed by atoms with van der Waals surface area (Å²) in [6, 6.07) is 0. The molecular formula is C13H18F3N3O3. The average molecular weight is 321 g/mol. The molecule has 0 N–H and O–H groups in total. The van der Waals surface area contributed by atoms with Crippen molar-refractivity contribution in [2.75, 3.05) is 39.3 Å². The van der Waals surface area contributed by atoms with Crippen LogP contribution in [0.5, 0.6) is 0 Å². The molecule has 0 aromatic carbocycles. The molecule has 0 aromatic rings. The average Bonchev–Trinajstić information content (AvgIpc) is 2.52. The van der Waals surface area contributed by atoms with Crippen molar-refractivity contribution in [3.05, 3.63) is 0 Å². The predicted molar refractivity (Wildman–Crippen MR) is 69.6 cm³/mol. The lowest BCUT2D eigenvalue weighted by Gasteiger charge is -2.38. The molecule has 1 atom stereocenters. The van der Waals surface area contributed by atoms with E-state index in [9.17, 15) is 27.6 Å². The number of piperazine rings is 1. The number of nitrogens with zero attached hydrogens (tertiary/aromatic N) is 3. The predicted octanol–water partition coefficient (Wildman–Crippen LogP) is 0.0879. The second kappa shape index (κ2) is 6.53. The zero-order valence-corrected chi connectivity index (χ0v) is 12.0. The lowest BCUT2D eigenvalue weighted by atomic mass is 9.96. The van der Waals surface area contributed by atoms with Crippen molar-refractivity contribution < 1.29 is 27.6 Å². The summed E-state index contributed by atoms with van der Waals surface area (Å²) in [7, 11) is 0. The van der Waals surface area contributed by atoms with Crippen LogP contribution in [0.1, 0.15) is 12.8 Å². The number of hydrogen-bond donors (Lipinski definition) is 0. The molecule has 6 nitrogen and oxygen atoms in total. The molecule has 9 heteroatoms. The minimum Gasteiger partial charge on any atom is -0.342 e. The summed E-state index contributed by atoms with van der Waals surface area (Å²) in [6.07, 6.45) is -3.33. The van der Waals surface area contributed by atoms with Gasteiger partial charge in [0.25, 0.3) is 0 Å². The highest BCUT2D eigenvalue weighted by Gasteiger charge is 2.44. The summed E-state index contributed by atoms with van der Waals surface area (Å²) in [5, 5.41) is 0. The Balaban J connectivity index is 1.93. The molecule has 0 spiro atoms. The molecule has 2 fully saturated rings. The van der Waals surface area contributed by atoms with Gasteiger partial charge in [0, 0.05) is 39.3 Å². The maximum Gasteiger partial charge on any atom is 0.471 e. The molecule has 1 unspecified atom stereocenters. The van der Waals surface area contributed by atoms with E-state index in [0.29, 0.717) is 50.3 Å². The lowest BCUT2D eigenvalue weighted by molar-refractivity contribution is -0.187. The fourth-order valence-corrected chi connectivity index (χ4v) is 2.85. The molecule has 124 valence electrons. The minimum absolute atomic E-state index is 0.0288. The third kappa shape index (κ3) is 3.69. The standard InChI is InChI=1S/C13H18F3N3O3/c14-13(15,16)12(22)19-3-1-2-10(8-19)11(21)18-6-4-17(9-20)5-7-18/h9-10H,1-8H2. The van der Waals surface area contributed by atoms with Gasteiger partial charge in [-0.05, 0) is 12.8 Å². The van der Waals surface area contributed by atoms with Crippen molar-refractivity contribution >= 4 is 18.2 Å². The number of likely N-dealkylation sites (tertiary alicyclic amines) is 1. The van der Waals surface area contributed by atoms with Crippen LogP contribution in [-0.2, 0) is 14.4 Å². The minimum atomic E-state index is -4.90. The number of carbonyl (C=O) groups is 3. The zero-order valence-electron chi connectivity index (χ0n) is 12.0. The first kappa shape index (κ1) is 16.6. The van der Waals surface area contributed by atoms with Crippen LogP contribution in [0, 0.1) is 5.92 Å². The third-order valence-corrected chi connectivity index (χ3v) is 4.08. The van der Waals surface area contributed by atoms with E-state index >= 15 is 0 Å². The zero-order chi connectivity index (χ0) is 16.3. The van der Waals surface area contributed by atoms with Gasteiger partial charge >= 0.3 is 12.1 Å². The molecule has 22 heavy (non-hydrogen) atoms. The van der Waals surface area contributed by atoms with E-state index in [1.165, 1.54) is 0 Å². The van der Waals surface area contributed by atoms with Crippen LogP contribution in [0.15, 0.2) is 0 Å². The van der Waals surface area contributed by atoms with Gasteiger partial charge in [0.05, 0.1) is 5.92 Å². The summed E-state index contributed by atoms with van der Waals surface area (Å²) >= 11 is 0. The summed E-state index contributed by atoms with van der Waals surface area (Å²) in [5.41, 5.74) is 0. The lowest BCUT2D eigenvalue weighted by Crippen LogP contribution is -2.53. The fourth-order valence-electron chi connectivity index (χ4n) is 2.85. The van der Waals surface area contributed by atoms with Gasteiger partial charge in [0.15, 0.2) is 0 Å². The third-order valence-electron chi connectivity index (χ3n) is 4.08. The quantitative estimate of drug-likeness (QED) is 0.677. The molecule has 0 bridgehead atoms. The first-order valence-corrected chi connectivity index (χ1v) is 7.17. The van der Waals surface area contributed by atoms with Crippen LogP contribution in [0.4, 0.5) is 13.2 Å². The molecule has 0 saturated carbocycles. The van der Waals surface area contributed by atoms with Crippen LogP contribution < -0.4 is 0 Å². The number of carbonyl (C=O) groups excluding carboxylic acids is 3. The molecule has 0 aliphatic carbocycles. The number of rotatable bonds is 2. The second-order valence-electron chi connectivity index (χ2n) is 5.55. The van der Waals surface area contributed by atoms with E-state index in [-0.39, 0.29) is 19.0 Å². The van der Waals surface area contributed by atoms with E-state index in [1.807, 2.05) is 0 Å². The topological polar surface area (TPSA) is 60.9 Å². The molecular weight excluding hydrogens is 303 g/mol. The van der Waals surface area contributed by atoms with Gasteiger partial charge in [-0.1, -0.05) is 0 Å². The number of amides is 3. The van der Waals surface area contributed by atoms with Crippen molar-refractivity contribution in [3.63, 3.8) is 0 Å². The summed E-state index contributed by atoms with van der Waals surface area (Å²) < 4.78 is 37.4. The highest BCUT2D eigenvalue weighted by atomic mass is 19.4. The second-order valence-corrected chi connectivity index (χ2v) is 5.55. The maximum atomic E-state index is 12.5. The molecule has 3 amide bonds. The number of piperidine rings is 1. The Morgan fingerprint density at radius 2 is 1.64 bits per heavy atom. The molecule has 2 heterocycles. The summed E-state index contributed by atoms with van der Waals surface area (Å²) in [5.74, 6) is -2.70. The van der Waals surface area contributed by atoms with Crippen molar-refractivity contribution in [2.45, 2.75) is 19.0 Å². The Morgan fingerprint density at radius 3 is 2.18 bits per heavy atom. The molecule has 2 aliphatic heterocycles. The monoisotopic (exact) mass is 321 g/mol. The van der Waals surface area contributed by atoms with Gasteiger partial charge in [-0.25, -0.2) is 0 Å². The van der Waals surface area contributed by atoms with E-state index in [0.717, 1.165) is 0 Å². The van der Waals surface area contributed by atoms with Crippen LogP contribution in [0.2, 0.25) is 0 Å². The van der Waals surface area contributed by atoms with Crippen molar-refractivity contribution in [1.82, 2.24) is 14.7 Å². The maximum absolute atomic E-state index is 12.5. The normalized spacial score (nSPS) is 23.4. The molecule has 2 rings (SSSR count). The van der Waals surface area contributed by atoms with Gasteiger partial charge < -0.3 is 14.7 Å². The van der Waals surface area contributed by atoms with Crippen molar-refractivity contribution in [3.8, 4) is 0 Å². The Morgan fingerprint density at radius 1 is 1.00 bits per heavy atom. The largest absolute Gasteiger partial charge is 0.471 e. The number of hydrogen-bond acceptors (Lipinski definition) is 3. The summed E-state index contributed by atoms with van der Waals surface area (Å²) in [4.78, 5) is 38.1. The molecule has 2 saturated heterocycles. The Bertz CT molecular complexity index is 448. The Hall–Kier alpha value is -1.80. The highest BCUT2D eigenvalue weighted by Crippen LogP contribution is 2.25. The first-order valence-electron chi connectivity index (χ1n) is 7.17. The van der Waals surface area contributed by atoms with Gasteiger partial charge in [-0.15, -0.1) is 0 Å². The van der Waals surface area contributed by atoms with Crippen LogP contribution in [-0.4, -0.2) is 78.4 Å². The van der Waals surface area contributed by atoms with E-state index in [1.54, 1.807) is 9.80 Å². The number of halogens is 3. The van der Waals surface area contributed by atoms with Crippen molar-refractivity contribution in [2.24, 2.45) is 5.92 Å². The highest BCUT2D eigenvalue weighted by molar-refractivity contribution is 5.84. The molecule has 0 aromatic heterocycles. The summed E-state index contributed by atoms with van der Waals surface area (Å²) in [6.45, 7) is 1.44. The molecule has 2 aliphatic rings. The van der Waals surface area contributed by atoms with Crippen molar-refractivity contribution in [1.29, 1.82) is 0 Å². The van der Waals surface area contributed by atoms with E-state index < -0.39 is 18.0 Å². The molecule has 0 radical (unpaired) electrons. The van der Waals surface area contributed by atoms with Crippen LogP contribution >= 0.6 is 0 Å².